The van der Waals surface area contributed by atoms with Crippen molar-refractivity contribution in [2.45, 2.75) is 19.1 Å². The van der Waals surface area contributed by atoms with Crippen LogP contribution in [0.15, 0.2) is 78.9 Å². The number of halogens is 1. The molecule has 1 amide bonds. The molecule has 1 atom stereocenters. The van der Waals surface area contributed by atoms with Crippen molar-refractivity contribution < 1.29 is 13.9 Å². The Morgan fingerprint density at radius 2 is 1.63 bits per heavy atom. The van der Waals surface area contributed by atoms with Crippen LogP contribution in [0.25, 0.3) is 0 Å². The molecule has 3 aromatic carbocycles. The van der Waals surface area contributed by atoms with E-state index in [0.717, 1.165) is 24.1 Å². The van der Waals surface area contributed by atoms with Gasteiger partial charge in [0.05, 0.1) is 6.04 Å². The Balaban J connectivity index is 1.63. The normalized spacial score (nSPS) is 11.9. The van der Waals surface area contributed by atoms with Gasteiger partial charge in [0.25, 0.3) is 5.91 Å². The number of carbonyl (C=O) groups excluding carboxylic acids is 1. The minimum atomic E-state index is -0.289. The molecule has 3 rings (SSSR count). The molecule has 0 radical (unpaired) electrons. The Hall–Kier alpha value is -3.18. The van der Waals surface area contributed by atoms with Crippen LogP contribution in [0.4, 0.5) is 4.39 Å². The van der Waals surface area contributed by atoms with Gasteiger partial charge >= 0.3 is 0 Å². The maximum absolute atomic E-state index is 13.3. The van der Waals surface area contributed by atoms with Crippen molar-refractivity contribution >= 4 is 5.91 Å². The fraction of sp³-hybridized carbons (Fsp3) is 0.240. The summed E-state index contributed by atoms with van der Waals surface area (Å²) in [6.45, 7) is 1.28. The summed E-state index contributed by atoms with van der Waals surface area (Å²) in [5.74, 6) is 0.248. The Morgan fingerprint density at radius 1 is 0.967 bits per heavy atom. The average Bonchev–Trinajstić information content (AvgIpc) is 2.76. The van der Waals surface area contributed by atoms with Crippen LogP contribution >= 0.6 is 0 Å². The third-order valence-electron chi connectivity index (χ3n) is 4.81. The molecule has 0 saturated heterocycles. The number of nitrogens with zero attached hydrogens (tertiary/aromatic N) is 1. The topological polar surface area (TPSA) is 41.6 Å². The maximum Gasteiger partial charge on any atom is 0.251 e. The van der Waals surface area contributed by atoms with E-state index in [0.29, 0.717) is 17.9 Å². The third-order valence-corrected chi connectivity index (χ3v) is 4.81. The van der Waals surface area contributed by atoms with Crippen LogP contribution in [0.1, 0.15) is 33.9 Å². The van der Waals surface area contributed by atoms with Gasteiger partial charge in [0.2, 0.25) is 0 Å². The van der Waals surface area contributed by atoms with E-state index in [1.54, 1.807) is 36.4 Å². The molecule has 1 N–H and O–H groups in total. The van der Waals surface area contributed by atoms with E-state index in [1.165, 1.54) is 12.1 Å². The minimum Gasteiger partial charge on any atom is -0.489 e. The Labute approximate surface area is 177 Å². The van der Waals surface area contributed by atoms with E-state index < -0.39 is 0 Å². The zero-order valence-electron chi connectivity index (χ0n) is 17.3. The van der Waals surface area contributed by atoms with Crippen LogP contribution in [0, 0.1) is 5.82 Å². The first-order valence-electron chi connectivity index (χ1n) is 9.99. The Bertz CT molecular complexity index is 926. The molecule has 0 aromatic heterocycles. The molecule has 4 nitrogen and oxygen atoms in total. The van der Waals surface area contributed by atoms with E-state index in [9.17, 15) is 9.18 Å². The second kappa shape index (κ2) is 10.6. The van der Waals surface area contributed by atoms with Crippen molar-refractivity contribution in [1.29, 1.82) is 0 Å². The monoisotopic (exact) mass is 406 g/mol. The first-order valence-corrected chi connectivity index (χ1v) is 9.99. The Morgan fingerprint density at radius 3 is 2.27 bits per heavy atom. The molecule has 0 heterocycles. The molecule has 3 aromatic rings. The van der Waals surface area contributed by atoms with E-state index in [1.807, 2.05) is 44.4 Å². The molecule has 0 aliphatic rings. The first-order chi connectivity index (χ1) is 14.5. The summed E-state index contributed by atoms with van der Waals surface area (Å²) in [6.07, 6.45) is 0.725. The lowest BCUT2D eigenvalue weighted by Gasteiger charge is -2.21. The molecule has 30 heavy (non-hydrogen) atoms. The lowest BCUT2D eigenvalue weighted by atomic mass is 10.0. The predicted molar refractivity (Wildman–Crippen MR) is 117 cm³/mol. The smallest absolute Gasteiger partial charge is 0.251 e. The lowest BCUT2D eigenvalue weighted by molar-refractivity contribution is 0.0932. The van der Waals surface area contributed by atoms with Gasteiger partial charge in [-0.1, -0.05) is 42.5 Å². The van der Waals surface area contributed by atoms with Gasteiger partial charge < -0.3 is 15.0 Å². The molecule has 1 unspecified atom stereocenters. The fourth-order valence-corrected chi connectivity index (χ4v) is 3.09. The van der Waals surface area contributed by atoms with Crippen LogP contribution < -0.4 is 10.1 Å². The summed E-state index contributed by atoms with van der Waals surface area (Å²) in [5, 5.41) is 3.07. The van der Waals surface area contributed by atoms with Crippen LogP contribution in [0.3, 0.4) is 0 Å². The number of rotatable bonds is 9. The lowest BCUT2D eigenvalue weighted by Crippen LogP contribution is -2.31. The first kappa shape index (κ1) is 21.5. The van der Waals surface area contributed by atoms with Crippen molar-refractivity contribution in [3.63, 3.8) is 0 Å². The van der Waals surface area contributed by atoms with Crippen LogP contribution in [0.5, 0.6) is 5.75 Å². The number of ether oxygens (including phenoxy) is 1. The van der Waals surface area contributed by atoms with Crippen LogP contribution in [-0.4, -0.2) is 31.4 Å². The summed E-state index contributed by atoms with van der Waals surface area (Å²) in [6, 6.07) is 23.1. The number of nitrogens with one attached hydrogen (secondary N) is 1. The average molecular weight is 407 g/mol. The Kier molecular flexibility index (Phi) is 7.57. The molecule has 0 aliphatic heterocycles. The largest absolute Gasteiger partial charge is 0.489 e. The maximum atomic E-state index is 13.3. The van der Waals surface area contributed by atoms with E-state index in [4.69, 9.17) is 4.74 Å². The van der Waals surface area contributed by atoms with Gasteiger partial charge in [-0.2, -0.15) is 0 Å². The summed E-state index contributed by atoms with van der Waals surface area (Å²) < 4.78 is 19.1. The van der Waals surface area contributed by atoms with Gasteiger partial charge in [0.1, 0.15) is 18.2 Å². The van der Waals surface area contributed by atoms with Crippen LogP contribution in [-0.2, 0) is 6.61 Å². The minimum absolute atomic E-state index is 0.169. The molecule has 0 bridgehead atoms. The van der Waals surface area contributed by atoms with Gasteiger partial charge in [-0.3, -0.25) is 4.79 Å². The molecular formula is C25H27FN2O2. The summed E-state index contributed by atoms with van der Waals surface area (Å²) in [4.78, 5) is 14.8. The zero-order valence-corrected chi connectivity index (χ0v) is 17.3. The second-order valence-electron chi connectivity index (χ2n) is 7.47. The molecule has 0 spiro atoms. The van der Waals surface area contributed by atoms with Crippen molar-refractivity contribution in [3.05, 3.63) is 101 Å². The fourth-order valence-electron chi connectivity index (χ4n) is 3.09. The number of benzene rings is 3. The summed E-state index contributed by atoms with van der Waals surface area (Å²) in [5.41, 5.74) is 2.52. The second-order valence-corrected chi connectivity index (χ2v) is 7.47. The van der Waals surface area contributed by atoms with Gasteiger partial charge in [0.15, 0.2) is 0 Å². The highest BCUT2D eigenvalue weighted by atomic mass is 19.1. The van der Waals surface area contributed by atoms with Gasteiger partial charge in [-0.05, 0) is 74.6 Å². The van der Waals surface area contributed by atoms with E-state index >= 15 is 0 Å². The number of hydrogen-bond acceptors (Lipinski definition) is 3. The van der Waals surface area contributed by atoms with Gasteiger partial charge in [-0.15, -0.1) is 0 Å². The van der Waals surface area contributed by atoms with E-state index in [-0.39, 0.29) is 17.8 Å². The molecule has 156 valence electrons. The van der Waals surface area contributed by atoms with Gasteiger partial charge in [0, 0.05) is 5.56 Å². The van der Waals surface area contributed by atoms with Crippen molar-refractivity contribution in [2.75, 3.05) is 20.6 Å². The third kappa shape index (κ3) is 6.42. The number of hydrogen-bond donors (Lipinski definition) is 1. The van der Waals surface area contributed by atoms with E-state index in [2.05, 4.69) is 10.2 Å². The molecule has 0 saturated carbocycles. The quantitative estimate of drug-likeness (QED) is 0.554. The SMILES string of the molecule is CN(C)CCC(NC(=O)c1ccc(OCc2ccccc2)cc1)c1ccc(F)cc1. The highest BCUT2D eigenvalue weighted by Crippen LogP contribution is 2.20. The van der Waals surface area contributed by atoms with Crippen molar-refractivity contribution in [2.24, 2.45) is 0 Å². The molecular weight excluding hydrogens is 379 g/mol. The summed E-state index contributed by atoms with van der Waals surface area (Å²) in [7, 11) is 3.97. The summed E-state index contributed by atoms with van der Waals surface area (Å²) >= 11 is 0. The molecule has 0 aliphatic carbocycles. The number of carbonyl (C=O) groups is 1. The van der Waals surface area contributed by atoms with Crippen molar-refractivity contribution in [3.8, 4) is 5.75 Å². The molecule has 0 fully saturated rings. The predicted octanol–water partition coefficient (Wildman–Crippen LogP) is 4.83. The highest BCUT2D eigenvalue weighted by molar-refractivity contribution is 5.94. The molecule has 5 heteroatoms. The van der Waals surface area contributed by atoms with Crippen molar-refractivity contribution in [1.82, 2.24) is 10.2 Å². The standard InChI is InChI=1S/C25H27FN2O2/c1-28(2)17-16-24(20-8-12-22(26)13-9-20)27-25(29)21-10-14-23(15-11-21)30-18-19-6-4-3-5-7-19/h3-15,24H,16-18H2,1-2H3,(H,27,29). The number of amides is 1. The van der Waals surface area contributed by atoms with Gasteiger partial charge in [-0.25, -0.2) is 4.39 Å². The van der Waals surface area contributed by atoms with Crippen LogP contribution in [0.2, 0.25) is 0 Å². The zero-order chi connectivity index (χ0) is 21.3. The highest BCUT2D eigenvalue weighted by Gasteiger charge is 2.16.